The number of rotatable bonds is 2. The molecule has 2 aromatic heterocycles. The van der Waals surface area contributed by atoms with Crippen molar-refractivity contribution in [2.75, 3.05) is 31.1 Å². The van der Waals surface area contributed by atoms with Gasteiger partial charge in [-0.25, -0.2) is 0 Å². The Morgan fingerprint density at radius 3 is 2.79 bits per heavy atom. The minimum atomic E-state index is -0.235. The summed E-state index contributed by atoms with van der Waals surface area (Å²) in [6.07, 6.45) is 4.99. The van der Waals surface area contributed by atoms with E-state index in [0.29, 0.717) is 5.56 Å². The number of aromatic nitrogens is 1. The van der Waals surface area contributed by atoms with Gasteiger partial charge in [0.1, 0.15) is 0 Å². The maximum absolute atomic E-state index is 12.5. The van der Waals surface area contributed by atoms with E-state index in [-0.39, 0.29) is 30.7 Å². The van der Waals surface area contributed by atoms with Crippen LogP contribution in [-0.2, 0) is 0 Å². The van der Waals surface area contributed by atoms with Crippen molar-refractivity contribution in [1.82, 2.24) is 15.6 Å². The van der Waals surface area contributed by atoms with Gasteiger partial charge in [0.05, 0.1) is 12.0 Å². The molecule has 0 saturated carbocycles. The Bertz CT molecular complexity index is 990. The van der Waals surface area contributed by atoms with Crippen LogP contribution in [0.25, 0.3) is 11.0 Å². The third-order valence-electron chi connectivity index (χ3n) is 4.30. The normalized spacial score (nSPS) is 12.9. The average molecular weight is 419 g/mol. The van der Waals surface area contributed by atoms with Crippen molar-refractivity contribution in [2.24, 2.45) is 0 Å². The lowest BCUT2D eigenvalue weighted by Crippen LogP contribution is -2.43. The minimum Gasteiger partial charge on any atom is -0.462 e. The molecule has 28 heavy (non-hydrogen) atoms. The fourth-order valence-corrected chi connectivity index (χ4v) is 3.00. The van der Waals surface area contributed by atoms with Gasteiger partial charge in [-0.3, -0.25) is 15.1 Å². The second-order valence-electron chi connectivity index (χ2n) is 6.02. The first-order valence-corrected chi connectivity index (χ1v) is 8.49. The van der Waals surface area contributed by atoms with Crippen LogP contribution < -0.4 is 15.5 Å². The third-order valence-corrected chi connectivity index (χ3v) is 4.30. The molecular formula is C20H20Cl2N4O2. The first kappa shape index (κ1) is 21.6. The molecule has 1 fully saturated rings. The van der Waals surface area contributed by atoms with Crippen molar-refractivity contribution in [3.8, 4) is 12.0 Å². The second-order valence-corrected chi connectivity index (χ2v) is 6.02. The standard InChI is InChI=1S/C20H18N4O2.2ClH/c25-20(23-6-3-15-2-1-5-22-14-15)17-12-16-4-11-26-19(16)18(13-17)24-9-7-21-8-10-24;;/h1-2,4-5,11-14,21H,7-10H2,(H,23,25);2*1H. The molecule has 0 unspecified atom stereocenters. The Balaban J connectivity index is 0.00000140. The largest absolute Gasteiger partial charge is 0.462 e. The third kappa shape index (κ3) is 4.76. The zero-order valence-corrected chi connectivity index (χ0v) is 16.6. The van der Waals surface area contributed by atoms with Crippen LogP contribution in [0.5, 0.6) is 0 Å². The maximum Gasteiger partial charge on any atom is 0.262 e. The highest BCUT2D eigenvalue weighted by atomic mass is 35.5. The molecule has 0 bridgehead atoms. The highest BCUT2D eigenvalue weighted by molar-refractivity contribution is 6.02. The van der Waals surface area contributed by atoms with Crippen molar-refractivity contribution in [1.29, 1.82) is 0 Å². The van der Waals surface area contributed by atoms with E-state index in [9.17, 15) is 4.79 Å². The van der Waals surface area contributed by atoms with Crippen LogP contribution >= 0.6 is 24.8 Å². The number of halogens is 2. The fourth-order valence-electron chi connectivity index (χ4n) is 3.00. The Hall–Kier alpha value is -2.72. The van der Waals surface area contributed by atoms with Gasteiger partial charge in [0.25, 0.3) is 5.91 Å². The molecule has 1 aliphatic heterocycles. The summed E-state index contributed by atoms with van der Waals surface area (Å²) >= 11 is 0. The number of piperazine rings is 1. The van der Waals surface area contributed by atoms with E-state index in [1.165, 1.54) is 0 Å². The lowest BCUT2D eigenvalue weighted by atomic mass is 10.1. The number of furan rings is 1. The Morgan fingerprint density at radius 2 is 2.04 bits per heavy atom. The first-order valence-electron chi connectivity index (χ1n) is 8.49. The zero-order valence-electron chi connectivity index (χ0n) is 15.0. The molecule has 1 saturated heterocycles. The minimum absolute atomic E-state index is 0. The fraction of sp³-hybridized carbons (Fsp3) is 0.200. The molecule has 1 amide bonds. The number of anilines is 1. The molecule has 3 heterocycles. The van der Waals surface area contributed by atoms with Gasteiger partial charge in [-0.05, 0) is 36.3 Å². The molecule has 0 atom stereocenters. The van der Waals surface area contributed by atoms with Crippen LogP contribution in [0.15, 0.2) is 53.4 Å². The molecule has 0 radical (unpaired) electrons. The quantitative estimate of drug-likeness (QED) is 0.494. The Morgan fingerprint density at radius 1 is 1.21 bits per heavy atom. The molecule has 1 aromatic carbocycles. The summed E-state index contributed by atoms with van der Waals surface area (Å²) < 4.78 is 5.65. The highest BCUT2D eigenvalue weighted by Gasteiger charge is 2.18. The molecule has 4 rings (SSSR count). The van der Waals surface area contributed by atoms with Gasteiger partial charge in [0.15, 0.2) is 5.58 Å². The smallest absolute Gasteiger partial charge is 0.262 e. The number of hydrogen-bond acceptors (Lipinski definition) is 5. The van der Waals surface area contributed by atoms with E-state index < -0.39 is 0 Å². The van der Waals surface area contributed by atoms with Crippen LogP contribution in [0, 0.1) is 12.0 Å². The van der Waals surface area contributed by atoms with Crippen molar-refractivity contribution in [2.45, 2.75) is 0 Å². The topological polar surface area (TPSA) is 70.4 Å². The van der Waals surface area contributed by atoms with Crippen molar-refractivity contribution < 1.29 is 9.21 Å². The summed E-state index contributed by atoms with van der Waals surface area (Å²) in [6, 6.07) is 11.9. The summed E-state index contributed by atoms with van der Waals surface area (Å²) in [7, 11) is 0. The van der Waals surface area contributed by atoms with Crippen LogP contribution in [0.4, 0.5) is 5.69 Å². The van der Waals surface area contributed by atoms with Gasteiger partial charge in [-0.1, -0.05) is 0 Å². The Labute approximate surface area is 175 Å². The van der Waals surface area contributed by atoms with E-state index in [1.807, 2.05) is 24.3 Å². The highest BCUT2D eigenvalue weighted by Crippen LogP contribution is 2.30. The van der Waals surface area contributed by atoms with Crippen molar-refractivity contribution in [3.05, 3.63) is 60.1 Å². The van der Waals surface area contributed by atoms with Crippen molar-refractivity contribution >= 4 is 47.4 Å². The summed E-state index contributed by atoms with van der Waals surface area (Å²) in [6.45, 7) is 3.58. The summed E-state index contributed by atoms with van der Waals surface area (Å²) in [5.74, 6) is 2.64. The van der Waals surface area contributed by atoms with Crippen LogP contribution in [0.3, 0.4) is 0 Å². The number of hydrogen-bond donors (Lipinski definition) is 2. The lowest BCUT2D eigenvalue weighted by Gasteiger charge is -2.29. The molecule has 3 aromatic rings. The molecule has 146 valence electrons. The zero-order chi connectivity index (χ0) is 17.8. The molecular weight excluding hydrogens is 399 g/mol. The SMILES string of the molecule is Cl.Cl.O=C(NC#Cc1cccnc1)c1cc(N2CCNCC2)c2occc2c1. The van der Waals surface area contributed by atoms with Crippen LogP contribution in [-0.4, -0.2) is 37.1 Å². The Kier molecular flexibility index (Phi) is 7.70. The molecule has 1 aliphatic rings. The van der Waals surface area contributed by atoms with Crippen LogP contribution in [0.2, 0.25) is 0 Å². The van der Waals surface area contributed by atoms with Gasteiger partial charge in [0, 0.05) is 61.1 Å². The number of nitrogens with one attached hydrogen (secondary N) is 2. The van der Waals surface area contributed by atoms with E-state index in [0.717, 1.165) is 48.4 Å². The number of nitrogens with zero attached hydrogens (tertiary/aromatic N) is 2. The van der Waals surface area contributed by atoms with E-state index >= 15 is 0 Å². The number of benzene rings is 1. The van der Waals surface area contributed by atoms with Gasteiger partial charge in [-0.2, -0.15) is 0 Å². The molecule has 0 spiro atoms. The predicted octanol–water partition coefficient (Wildman–Crippen LogP) is 2.82. The summed E-state index contributed by atoms with van der Waals surface area (Å²) in [5, 5.41) is 6.89. The number of carbonyl (C=O) groups excluding carboxylic acids is 1. The molecule has 8 heteroatoms. The number of carbonyl (C=O) groups is 1. The first-order chi connectivity index (χ1) is 12.8. The number of fused-ring (bicyclic) bond motifs is 1. The predicted molar refractivity (Wildman–Crippen MR) is 114 cm³/mol. The lowest BCUT2D eigenvalue weighted by molar-refractivity contribution is 0.0973. The number of amides is 1. The van der Waals surface area contributed by atoms with Gasteiger partial charge in [0.2, 0.25) is 0 Å². The summed E-state index contributed by atoms with van der Waals surface area (Å²) in [4.78, 5) is 18.8. The van der Waals surface area contributed by atoms with Gasteiger partial charge in [-0.15, -0.1) is 24.8 Å². The van der Waals surface area contributed by atoms with Gasteiger partial charge >= 0.3 is 0 Å². The second kappa shape index (κ2) is 10.00. The molecule has 6 nitrogen and oxygen atoms in total. The monoisotopic (exact) mass is 418 g/mol. The van der Waals surface area contributed by atoms with E-state index in [2.05, 4.69) is 32.5 Å². The van der Waals surface area contributed by atoms with Crippen LogP contribution in [0.1, 0.15) is 15.9 Å². The molecule has 0 aliphatic carbocycles. The molecule has 2 N–H and O–H groups in total. The van der Waals surface area contributed by atoms with E-state index in [1.54, 1.807) is 24.7 Å². The van der Waals surface area contributed by atoms with E-state index in [4.69, 9.17) is 4.42 Å². The van der Waals surface area contributed by atoms with Gasteiger partial charge < -0.3 is 14.6 Å². The average Bonchev–Trinajstić information content (AvgIpc) is 3.17. The maximum atomic E-state index is 12.5. The van der Waals surface area contributed by atoms with Crippen molar-refractivity contribution in [3.63, 3.8) is 0 Å². The summed E-state index contributed by atoms with van der Waals surface area (Å²) in [5.41, 5.74) is 3.07. The number of pyridine rings is 1.